The summed E-state index contributed by atoms with van der Waals surface area (Å²) < 4.78 is 6.49. The van der Waals surface area contributed by atoms with Crippen LogP contribution in [0.3, 0.4) is 0 Å². The Morgan fingerprint density at radius 2 is 1.65 bits per heavy atom. The second-order valence-corrected chi connectivity index (χ2v) is 11.6. The van der Waals surface area contributed by atoms with Crippen molar-refractivity contribution >= 4 is 5.57 Å². The summed E-state index contributed by atoms with van der Waals surface area (Å²) in [6.45, 7) is 23.7. The summed E-state index contributed by atoms with van der Waals surface area (Å²) in [5.41, 5.74) is 7.21. The summed E-state index contributed by atoms with van der Waals surface area (Å²) in [5.74, 6) is 1.68. The number of allylic oxidation sites excluding steroid dienone is 2. The standard InChI is InChI=1S/C35H59NO/c1-8-12-14-17-28(5)33-26-29(6)35(11-4)32(27-33)18-15-16-19-34(37-30(7)31-20-21-31)22-25-36(23-10-3)24-13-9-2/h26-27,31,34H,5,7-25H2,1-4,6H3. The van der Waals surface area contributed by atoms with E-state index in [-0.39, 0.29) is 0 Å². The fourth-order valence-electron chi connectivity index (χ4n) is 5.58. The SMILES string of the molecule is C=C(CCCCC)c1cc(C)c(CC)c(CCCCC(CCN(CCC)CCCC)OC(=C)C2CC2)c1. The van der Waals surface area contributed by atoms with E-state index in [1.54, 1.807) is 11.1 Å². The molecule has 0 N–H and O–H groups in total. The Kier molecular flexibility index (Phi) is 15.3. The maximum atomic E-state index is 6.49. The third-order valence-electron chi connectivity index (χ3n) is 8.12. The van der Waals surface area contributed by atoms with Crippen LogP contribution in [0.25, 0.3) is 5.57 Å². The lowest BCUT2D eigenvalue weighted by atomic mass is 9.90. The van der Waals surface area contributed by atoms with Crippen LogP contribution in [-0.2, 0) is 17.6 Å². The summed E-state index contributed by atoms with van der Waals surface area (Å²) in [7, 11) is 0. The Bertz CT molecular complexity index is 806. The minimum Gasteiger partial charge on any atom is -0.495 e. The van der Waals surface area contributed by atoms with Crippen LogP contribution in [0.5, 0.6) is 0 Å². The highest BCUT2D eigenvalue weighted by atomic mass is 16.5. The monoisotopic (exact) mass is 509 g/mol. The molecule has 0 aliphatic heterocycles. The number of nitrogens with zero attached hydrogens (tertiary/aromatic N) is 1. The zero-order valence-electron chi connectivity index (χ0n) is 25.3. The van der Waals surface area contributed by atoms with Crippen LogP contribution in [0.1, 0.15) is 133 Å². The Hall–Kier alpha value is -1.54. The van der Waals surface area contributed by atoms with Crippen LogP contribution in [0.4, 0.5) is 0 Å². The first-order chi connectivity index (χ1) is 17.9. The summed E-state index contributed by atoms with van der Waals surface area (Å²) in [6.07, 6.45) is 18.6. The first kappa shape index (κ1) is 31.7. The van der Waals surface area contributed by atoms with Gasteiger partial charge in [-0.1, -0.05) is 72.2 Å². The molecule has 0 radical (unpaired) electrons. The Morgan fingerprint density at radius 3 is 2.30 bits per heavy atom. The molecule has 1 fully saturated rings. The number of aryl methyl sites for hydroxylation is 2. The van der Waals surface area contributed by atoms with Crippen molar-refractivity contribution in [2.24, 2.45) is 5.92 Å². The summed E-state index contributed by atoms with van der Waals surface area (Å²) in [4.78, 5) is 2.65. The molecule has 2 heteroatoms. The van der Waals surface area contributed by atoms with Crippen molar-refractivity contribution in [2.45, 2.75) is 137 Å². The molecule has 2 nitrogen and oxygen atoms in total. The number of ether oxygens (including phenoxy) is 1. The zero-order chi connectivity index (χ0) is 27.0. The van der Waals surface area contributed by atoms with Crippen molar-refractivity contribution in [3.63, 3.8) is 0 Å². The van der Waals surface area contributed by atoms with Crippen molar-refractivity contribution < 1.29 is 4.74 Å². The first-order valence-corrected chi connectivity index (χ1v) is 15.8. The lowest BCUT2D eigenvalue weighted by Crippen LogP contribution is -2.30. The fourth-order valence-corrected chi connectivity index (χ4v) is 5.58. The van der Waals surface area contributed by atoms with Gasteiger partial charge in [-0.2, -0.15) is 0 Å². The molecule has 1 aliphatic carbocycles. The minimum atomic E-state index is 0.311. The topological polar surface area (TPSA) is 12.5 Å². The van der Waals surface area contributed by atoms with Gasteiger partial charge < -0.3 is 9.64 Å². The molecule has 1 aliphatic rings. The van der Waals surface area contributed by atoms with Gasteiger partial charge >= 0.3 is 0 Å². The van der Waals surface area contributed by atoms with Gasteiger partial charge in [-0.05, 0) is 125 Å². The number of hydrogen-bond acceptors (Lipinski definition) is 2. The predicted molar refractivity (Wildman–Crippen MR) is 164 cm³/mol. The zero-order valence-corrected chi connectivity index (χ0v) is 25.3. The summed E-state index contributed by atoms with van der Waals surface area (Å²) in [5, 5.41) is 0. The lowest BCUT2D eigenvalue weighted by molar-refractivity contribution is 0.0777. The number of unbranched alkanes of at least 4 members (excludes halogenated alkanes) is 4. The number of hydrogen-bond donors (Lipinski definition) is 0. The molecule has 0 bridgehead atoms. The molecule has 2 rings (SSSR count). The van der Waals surface area contributed by atoms with E-state index in [0.717, 1.165) is 44.4 Å². The maximum absolute atomic E-state index is 6.49. The van der Waals surface area contributed by atoms with Crippen LogP contribution in [0.15, 0.2) is 31.0 Å². The third kappa shape index (κ3) is 11.8. The van der Waals surface area contributed by atoms with Crippen molar-refractivity contribution in [3.05, 3.63) is 53.3 Å². The van der Waals surface area contributed by atoms with E-state index in [4.69, 9.17) is 4.74 Å². The van der Waals surface area contributed by atoms with Crippen molar-refractivity contribution in [1.82, 2.24) is 4.90 Å². The number of rotatable bonds is 22. The van der Waals surface area contributed by atoms with E-state index in [1.165, 1.54) is 94.0 Å². The van der Waals surface area contributed by atoms with Crippen LogP contribution >= 0.6 is 0 Å². The van der Waals surface area contributed by atoms with Gasteiger partial charge in [0.25, 0.3) is 0 Å². The van der Waals surface area contributed by atoms with Gasteiger partial charge in [0.2, 0.25) is 0 Å². The third-order valence-corrected chi connectivity index (χ3v) is 8.12. The highest BCUT2D eigenvalue weighted by molar-refractivity contribution is 5.65. The highest BCUT2D eigenvalue weighted by Gasteiger charge is 2.28. The Morgan fingerprint density at radius 1 is 0.892 bits per heavy atom. The Balaban J connectivity index is 1.95. The molecule has 0 saturated heterocycles. The van der Waals surface area contributed by atoms with Crippen LogP contribution in [0.2, 0.25) is 0 Å². The smallest absolute Gasteiger partial charge is 0.0994 e. The molecule has 1 unspecified atom stereocenters. The molecule has 1 aromatic rings. The predicted octanol–water partition coefficient (Wildman–Crippen LogP) is 10.1. The molecule has 1 atom stereocenters. The average molecular weight is 510 g/mol. The van der Waals surface area contributed by atoms with E-state index in [2.05, 4.69) is 64.8 Å². The molecule has 0 amide bonds. The minimum absolute atomic E-state index is 0.311. The quantitative estimate of drug-likeness (QED) is 0.114. The van der Waals surface area contributed by atoms with Crippen molar-refractivity contribution in [2.75, 3.05) is 19.6 Å². The molecular formula is C35H59NO. The lowest BCUT2D eigenvalue weighted by Gasteiger charge is -2.26. The van der Waals surface area contributed by atoms with E-state index in [0.29, 0.717) is 12.0 Å². The number of benzene rings is 1. The van der Waals surface area contributed by atoms with Crippen molar-refractivity contribution in [3.8, 4) is 0 Å². The van der Waals surface area contributed by atoms with Gasteiger partial charge in [-0.25, -0.2) is 0 Å². The second-order valence-electron chi connectivity index (χ2n) is 11.6. The molecule has 0 heterocycles. The molecular weight excluding hydrogens is 450 g/mol. The van der Waals surface area contributed by atoms with Gasteiger partial charge in [-0.3, -0.25) is 0 Å². The van der Waals surface area contributed by atoms with Gasteiger partial charge in [0.15, 0.2) is 0 Å². The highest BCUT2D eigenvalue weighted by Crippen LogP contribution is 2.37. The summed E-state index contributed by atoms with van der Waals surface area (Å²) >= 11 is 0. The molecule has 0 spiro atoms. The van der Waals surface area contributed by atoms with E-state index in [9.17, 15) is 0 Å². The van der Waals surface area contributed by atoms with Crippen LogP contribution in [-0.4, -0.2) is 30.6 Å². The van der Waals surface area contributed by atoms with E-state index < -0.39 is 0 Å². The van der Waals surface area contributed by atoms with E-state index >= 15 is 0 Å². The molecule has 0 aromatic heterocycles. The molecule has 1 aromatic carbocycles. The van der Waals surface area contributed by atoms with Crippen molar-refractivity contribution in [1.29, 1.82) is 0 Å². The van der Waals surface area contributed by atoms with E-state index in [1.807, 2.05) is 0 Å². The second kappa shape index (κ2) is 17.9. The molecule has 210 valence electrons. The van der Waals surface area contributed by atoms with Gasteiger partial charge in [0.05, 0.1) is 11.9 Å². The van der Waals surface area contributed by atoms with Gasteiger partial charge in [0.1, 0.15) is 0 Å². The van der Waals surface area contributed by atoms with Crippen LogP contribution < -0.4 is 0 Å². The van der Waals surface area contributed by atoms with Gasteiger partial charge in [-0.15, -0.1) is 0 Å². The normalized spacial score (nSPS) is 14.2. The fraction of sp³-hybridized carbons (Fsp3) is 0.714. The summed E-state index contributed by atoms with van der Waals surface area (Å²) in [6, 6.07) is 4.84. The molecule has 37 heavy (non-hydrogen) atoms. The molecule has 1 saturated carbocycles. The average Bonchev–Trinajstić information content (AvgIpc) is 3.73. The first-order valence-electron chi connectivity index (χ1n) is 15.8. The Labute approximate surface area is 231 Å². The van der Waals surface area contributed by atoms with Gasteiger partial charge in [0, 0.05) is 12.5 Å². The van der Waals surface area contributed by atoms with Crippen LogP contribution in [0, 0.1) is 12.8 Å². The largest absolute Gasteiger partial charge is 0.495 e. The maximum Gasteiger partial charge on any atom is 0.0994 e.